The van der Waals surface area contributed by atoms with E-state index in [-0.39, 0.29) is 5.56 Å². The Labute approximate surface area is 147 Å². The Hall–Kier alpha value is -3.35. The van der Waals surface area contributed by atoms with Crippen molar-refractivity contribution in [3.63, 3.8) is 0 Å². The molecule has 7 heteroatoms. The van der Waals surface area contributed by atoms with Crippen LogP contribution in [0.3, 0.4) is 0 Å². The van der Waals surface area contributed by atoms with Crippen LogP contribution >= 0.6 is 0 Å². The summed E-state index contributed by atoms with van der Waals surface area (Å²) in [6, 6.07) is 10.8. The number of hydrogen-bond donors (Lipinski definition) is 2. The van der Waals surface area contributed by atoms with Crippen molar-refractivity contribution < 1.29 is 18.0 Å². The van der Waals surface area contributed by atoms with Crippen LogP contribution in [0.15, 0.2) is 54.9 Å². The zero-order valence-electron chi connectivity index (χ0n) is 13.7. The predicted molar refractivity (Wildman–Crippen MR) is 93.0 cm³/mol. The molecule has 132 valence electrons. The molecule has 0 spiro atoms. The van der Waals surface area contributed by atoms with Gasteiger partial charge in [-0.2, -0.15) is 0 Å². The fourth-order valence-electron chi connectivity index (χ4n) is 2.32. The van der Waals surface area contributed by atoms with E-state index in [4.69, 9.17) is 0 Å². The number of nitrogens with zero attached hydrogens (tertiary/aromatic N) is 1. The number of carbonyl (C=O) groups is 1. The van der Waals surface area contributed by atoms with Crippen molar-refractivity contribution in [1.82, 2.24) is 4.98 Å². The van der Waals surface area contributed by atoms with Crippen LogP contribution in [0.4, 0.5) is 30.2 Å². The van der Waals surface area contributed by atoms with Crippen molar-refractivity contribution in [3.05, 3.63) is 83.4 Å². The molecule has 0 aliphatic heterocycles. The minimum atomic E-state index is -1.64. The highest BCUT2D eigenvalue weighted by Gasteiger charge is 2.16. The van der Waals surface area contributed by atoms with Gasteiger partial charge in [0.2, 0.25) is 0 Å². The summed E-state index contributed by atoms with van der Waals surface area (Å²) < 4.78 is 39.9. The lowest BCUT2D eigenvalue weighted by Crippen LogP contribution is -2.14. The van der Waals surface area contributed by atoms with Crippen molar-refractivity contribution in [2.45, 2.75) is 6.92 Å². The van der Waals surface area contributed by atoms with Gasteiger partial charge in [-0.15, -0.1) is 0 Å². The summed E-state index contributed by atoms with van der Waals surface area (Å²) in [7, 11) is 0. The monoisotopic (exact) mass is 357 g/mol. The summed E-state index contributed by atoms with van der Waals surface area (Å²) in [6.45, 7) is 1.93. The van der Waals surface area contributed by atoms with E-state index in [1.165, 1.54) is 18.5 Å². The van der Waals surface area contributed by atoms with E-state index in [9.17, 15) is 18.0 Å². The highest BCUT2D eigenvalue weighted by molar-refractivity contribution is 6.04. The summed E-state index contributed by atoms with van der Waals surface area (Å²) in [5, 5.41) is 5.34. The van der Waals surface area contributed by atoms with Crippen LogP contribution in [0, 0.1) is 24.4 Å². The summed E-state index contributed by atoms with van der Waals surface area (Å²) >= 11 is 0. The number of carbonyl (C=O) groups excluding carboxylic acids is 1. The maximum Gasteiger partial charge on any atom is 0.257 e. The summed E-state index contributed by atoms with van der Waals surface area (Å²) in [4.78, 5) is 16.2. The smallest absolute Gasteiger partial charge is 0.257 e. The van der Waals surface area contributed by atoms with E-state index < -0.39 is 29.0 Å². The first kappa shape index (κ1) is 17.5. The van der Waals surface area contributed by atoms with E-state index in [1.54, 1.807) is 0 Å². The highest BCUT2D eigenvalue weighted by atomic mass is 19.2. The van der Waals surface area contributed by atoms with Crippen molar-refractivity contribution >= 4 is 23.0 Å². The number of amides is 1. The number of aryl methyl sites for hydroxylation is 1. The second-order valence-electron chi connectivity index (χ2n) is 5.58. The lowest BCUT2D eigenvalue weighted by molar-refractivity contribution is 0.102. The summed E-state index contributed by atoms with van der Waals surface area (Å²) in [6.07, 6.45) is 2.82. The molecule has 4 nitrogen and oxygen atoms in total. The van der Waals surface area contributed by atoms with Crippen LogP contribution in [0.2, 0.25) is 0 Å². The molecule has 3 rings (SSSR count). The minimum Gasteiger partial charge on any atom is -0.354 e. The third-order valence-corrected chi connectivity index (χ3v) is 3.71. The summed E-state index contributed by atoms with van der Waals surface area (Å²) in [5.74, 6) is -5.13. The summed E-state index contributed by atoms with van der Waals surface area (Å²) in [5.41, 5.74) is 2.08. The number of nitrogens with one attached hydrogen (secondary N) is 2. The molecule has 1 aromatic heterocycles. The molecule has 1 amide bonds. The first-order valence-corrected chi connectivity index (χ1v) is 7.68. The van der Waals surface area contributed by atoms with Crippen LogP contribution < -0.4 is 10.6 Å². The molecule has 0 aliphatic rings. The largest absolute Gasteiger partial charge is 0.354 e. The van der Waals surface area contributed by atoms with E-state index in [2.05, 4.69) is 15.6 Å². The van der Waals surface area contributed by atoms with Crippen LogP contribution in [0.25, 0.3) is 0 Å². The van der Waals surface area contributed by atoms with Crippen molar-refractivity contribution in [2.75, 3.05) is 10.6 Å². The average molecular weight is 357 g/mol. The van der Waals surface area contributed by atoms with Crippen molar-refractivity contribution in [2.24, 2.45) is 0 Å². The zero-order chi connectivity index (χ0) is 18.7. The van der Waals surface area contributed by atoms with Gasteiger partial charge in [0, 0.05) is 11.9 Å². The Morgan fingerprint density at radius 3 is 2.50 bits per heavy atom. The van der Waals surface area contributed by atoms with Gasteiger partial charge in [0.1, 0.15) is 0 Å². The molecule has 2 aromatic carbocycles. The van der Waals surface area contributed by atoms with Gasteiger partial charge in [-0.25, -0.2) is 13.2 Å². The Bertz CT molecular complexity index is 976. The molecule has 0 saturated heterocycles. The van der Waals surface area contributed by atoms with Gasteiger partial charge in [0.25, 0.3) is 5.91 Å². The molecule has 26 heavy (non-hydrogen) atoms. The molecular weight excluding hydrogens is 343 g/mol. The Morgan fingerprint density at radius 2 is 1.73 bits per heavy atom. The first-order chi connectivity index (χ1) is 12.5. The van der Waals surface area contributed by atoms with Crippen molar-refractivity contribution in [3.8, 4) is 0 Å². The molecule has 3 aromatic rings. The van der Waals surface area contributed by atoms with Gasteiger partial charge >= 0.3 is 0 Å². The quantitative estimate of drug-likeness (QED) is 0.659. The minimum absolute atomic E-state index is 0.132. The van der Waals surface area contributed by atoms with Gasteiger partial charge in [0.15, 0.2) is 17.5 Å². The third kappa shape index (κ3) is 3.66. The maximum atomic E-state index is 13.7. The number of pyridine rings is 1. The highest BCUT2D eigenvalue weighted by Crippen LogP contribution is 2.22. The number of rotatable bonds is 4. The second-order valence-corrected chi connectivity index (χ2v) is 5.58. The third-order valence-electron chi connectivity index (χ3n) is 3.71. The van der Waals surface area contributed by atoms with Crippen LogP contribution in [-0.4, -0.2) is 10.9 Å². The number of aromatic nitrogens is 1. The number of hydrogen-bond acceptors (Lipinski definition) is 3. The molecule has 2 N–H and O–H groups in total. The molecule has 0 fully saturated rings. The van der Waals surface area contributed by atoms with Gasteiger partial charge in [-0.3, -0.25) is 9.78 Å². The molecular formula is C19H14F3N3O. The van der Waals surface area contributed by atoms with Gasteiger partial charge < -0.3 is 10.6 Å². The van der Waals surface area contributed by atoms with Crippen LogP contribution in [-0.2, 0) is 0 Å². The Kier molecular flexibility index (Phi) is 4.88. The number of anilines is 3. The molecule has 0 unspecified atom stereocenters. The molecule has 1 heterocycles. The molecule has 0 saturated carbocycles. The fourth-order valence-corrected chi connectivity index (χ4v) is 2.32. The zero-order valence-corrected chi connectivity index (χ0v) is 13.7. The van der Waals surface area contributed by atoms with E-state index in [0.29, 0.717) is 5.69 Å². The lowest BCUT2D eigenvalue weighted by atomic mass is 10.2. The van der Waals surface area contributed by atoms with Gasteiger partial charge in [-0.05, 0) is 36.8 Å². The van der Waals surface area contributed by atoms with Crippen LogP contribution in [0.5, 0.6) is 0 Å². The average Bonchev–Trinajstić information content (AvgIpc) is 2.64. The fraction of sp³-hybridized carbons (Fsp3) is 0.0526. The Morgan fingerprint density at radius 1 is 0.962 bits per heavy atom. The SMILES string of the molecule is Cc1ccccc1Nc1cncc(C(=O)Nc2ccc(F)c(F)c2F)c1. The molecule has 0 aliphatic carbocycles. The lowest BCUT2D eigenvalue weighted by Gasteiger charge is -2.11. The predicted octanol–water partition coefficient (Wildman–Crippen LogP) is 4.80. The number of para-hydroxylation sites is 1. The first-order valence-electron chi connectivity index (χ1n) is 7.68. The van der Waals surface area contributed by atoms with E-state index >= 15 is 0 Å². The number of halogens is 3. The standard InChI is InChI=1S/C19H14F3N3O/c1-11-4-2-3-5-15(11)24-13-8-12(9-23-10-13)19(26)25-16-7-6-14(20)17(21)18(16)22/h2-10,24H,1H3,(H,25,26). The maximum absolute atomic E-state index is 13.7. The van der Waals surface area contributed by atoms with E-state index in [0.717, 1.165) is 23.4 Å². The second kappa shape index (κ2) is 7.26. The molecule has 0 bridgehead atoms. The number of benzene rings is 2. The molecule has 0 radical (unpaired) electrons. The van der Waals surface area contributed by atoms with Gasteiger partial charge in [0.05, 0.1) is 23.1 Å². The van der Waals surface area contributed by atoms with Gasteiger partial charge in [-0.1, -0.05) is 18.2 Å². The van der Waals surface area contributed by atoms with E-state index in [1.807, 2.05) is 31.2 Å². The normalized spacial score (nSPS) is 10.5. The van der Waals surface area contributed by atoms with Crippen molar-refractivity contribution in [1.29, 1.82) is 0 Å². The Balaban J connectivity index is 1.81. The topological polar surface area (TPSA) is 54.0 Å². The molecule has 0 atom stereocenters. The van der Waals surface area contributed by atoms with Crippen LogP contribution in [0.1, 0.15) is 15.9 Å².